The van der Waals surface area contributed by atoms with E-state index in [2.05, 4.69) is 21.8 Å². The van der Waals surface area contributed by atoms with E-state index < -0.39 is 0 Å². The number of nitrogens with zero attached hydrogens (tertiary/aromatic N) is 4. The predicted octanol–water partition coefficient (Wildman–Crippen LogP) is 2.38. The number of fused-ring (bicyclic) bond motifs is 1. The fourth-order valence-electron chi connectivity index (χ4n) is 4.86. The van der Waals surface area contributed by atoms with Gasteiger partial charge in [-0.15, -0.1) is 0 Å². The molecule has 1 saturated carbocycles. The van der Waals surface area contributed by atoms with Crippen molar-refractivity contribution in [1.29, 1.82) is 0 Å². The molecule has 0 N–H and O–H groups in total. The van der Waals surface area contributed by atoms with Gasteiger partial charge < -0.3 is 14.5 Å². The van der Waals surface area contributed by atoms with Gasteiger partial charge in [0.15, 0.2) is 0 Å². The molecule has 1 atom stereocenters. The average Bonchev–Trinajstić information content (AvgIpc) is 2.73. The summed E-state index contributed by atoms with van der Waals surface area (Å²) in [5.41, 5.74) is 2.46. The second-order valence-corrected chi connectivity index (χ2v) is 8.52. The Bertz CT molecular complexity index is 672. The molecule has 0 bridgehead atoms. The van der Waals surface area contributed by atoms with Crippen molar-refractivity contribution < 1.29 is 9.53 Å². The largest absolute Gasteiger partial charge is 0.381 e. The Morgan fingerprint density at radius 3 is 2.78 bits per heavy atom. The Morgan fingerprint density at radius 2 is 2.00 bits per heavy atom. The quantitative estimate of drug-likeness (QED) is 0.815. The van der Waals surface area contributed by atoms with Crippen molar-refractivity contribution in [3.05, 3.63) is 23.3 Å². The molecule has 2 aliphatic heterocycles. The maximum absolute atomic E-state index is 13.0. The fourth-order valence-corrected chi connectivity index (χ4v) is 4.86. The Labute approximate surface area is 162 Å². The van der Waals surface area contributed by atoms with E-state index in [1.165, 1.54) is 11.3 Å². The number of ether oxygens (including phenoxy) is 1. The van der Waals surface area contributed by atoms with Crippen LogP contribution in [0, 0.1) is 5.92 Å². The van der Waals surface area contributed by atoms with E-state index in [1.807, 2.05) is 6.20 Å². The minimum atomic E-state index is 0.176. The van der Waals surface area contributed by atoms with E-state index in [9.17, 15) is 4.79 Å². The van der Waals surface area contributed by atoms with Crippen LogP contribution in [0.5, 0.6) is 0 Å². The van der Waals surface area contributed by atoms with Crippen LogP contribution in [0.3, 0.4) is 0 Å². The molecule has 6 nitrogen and oxygen atoms in total. The van der Waals surface area contributed by atoms with Gasteiger partial charge in [-0.05, 0) is 45.6 Å². The third kappa shape index (κ3) is 4.16. The number of piperidine rings is 1. The molecule has 0 unspecified atom stereocenters. The first-order valence-electron chi connectivity index (χ1n) is 10.5. The molecule has 0 spiro atoms. The number of carbonyl (C=O) groups excluding carboxylic acids is 1. The predicted molar refractivity (Wildman–Crippen MR) is 103 cm³/mol. The van der Waals surface area contributed by atoms with Crippen LogP contribution in [0.2, 0.25) is 0 Å². The zero-order valence-electron chi connectivity index (χ0n) is 16.7. The van der Waals surface area contributed by atoms with E-state index in [0.29, 0.717) is 12.0 Å². The molecule has 2 fully saturated rings. The summed E-state index contributed by atoms with van der Waals surface area (Å²) in [6.45, 7) is 3.66. The highest BCUT2D eigenvalue weighted by Gasteiger charge is 2.33. The minimum absolute atomic E-state index is 0.176. The molecule has 0 aromatic carbocycles. The number of hydrogen-bond acceptors (Lipinski definition) is 5. The first-order valence-corrected chi connectivity index (χ1v) is 10.5. The smallest absolute Gasteiger partial charge is 0.225 e. The zero-order chi connectivity index (χ0) is 18.8. The number of carbonyl (C=O) groups is 1. The molecule has 3 aliphatic rings. The topological polar surface area (TPSA) is 58.6 Å². The van der Waals surface area contributed by atoms with Crippen molar-refractivity contribution in [1.82, 2.24) is 19.8 Å². The molecule has 148 valence electrons. The van der Waals surface area contributed by atoms with Crippen molar-refractivity contribution in [2.75, 3.05) is 33.8 Å². The van der Waals surface area contributed by atoms with Gasteiger partial charge in [-0.3, -0.25) is 4.79 Å². The highest BCUT2D eigenvalue weighted by molar-refractivity contribution is 5.79. The molecule has 6 heteroatoms. The summed E-state index contributed by atoms with van der Waals surface area (Å²) in [5.74, 6) is 1.74. The number of methoxy groups -OCH3 is 1. The van der Waals surface area contributed by atoms with Crippen LogP contribution >= 0.6 is 0 Å². The Hall–Kier alpha value is -1.53. The van der Waals surface area contributed by atoms with Gasteiger partial charge in [0.25, 0.3) is 0 Å². The van der Waals surface area contributed by atoms with Crippen LogP contribution in [0.1, 0.15) is 61.5 Å². The molecule has 3 heterocycles. The van der Waals surface area contributed by atoms with Gasteiger partial charge >= 0.3 is 0 Å². The normalized spacial score (nSPS) is 29.4. The molecule has 1 aromatic heterocycles. The van der Waals surface area contributed by atoms with Crippen molar-refractivity contribution in [3.8, 4) is 0 Å². The molecule has 1 aliphatic carbocycles. The van der Waals surface area contributed by atoms with E-state index in [-0.39, 0.29) is 11.8 Å². The lowest BCUT2D eigenvalue weighted by Gasteiger charge is -2.36. The second-order valence-electron chi connectivity index (χ2n) is 8.52. The minimum Gasteiger partial charge on any atom is -0.381 e. The van der Waals surface area contributed by atoms with Crippen molar-refractivity contribution in [2.45, 2.75) is 63.5 Å². The number of likely N-dealkylation sites (N-methyl/N-ethyl adjacent to an activating group) is 1. The number of hydrogen-bond donors (Lipinski definition) is 0. The first kappa shape index (κ1) is 18.8. The van der Waals surface area contributed by atoms with E-state index in [4.69, 9.17) is 9.72 Å². The third-order valence-corrected chi connectivity index (χ3v) is 6.60. The van der Waals surface area contributed by atoms with Crippen LogP contribution in [0.4, 0.5) is 0 Å². The molecule has 1 aromatic rings. The van der Waals surface area contributed by atoms with Crippen molar-refractivity contribution in [3.63, 3.8) is 0 Å². The average molecular weight is 373 g/mol. The van der Waals surface area contributed by atoms with Crippen molar-refractivity contribution >= 4 is 5.91 Å². The fraction of sp³-hybridized carbons (Fsp3) is 0.762. The number of likely N-dealkylation sites (tertiary alicyclic amines) is 1. The summed E-state index contributed by atoms with van der Waals surface area (Å²) in [7, 11) is 3.92. The number of aromatic nitrogens is 2. The molecule has 1 amide bonds. The van der Waals surface area contributed by atoms with Gasteiger partial charge in [0, 0.05) is 69.0 Å². The van der Waals surface area contributed by atoms with Gasteiger partial charge in [0.05, 0.1) is 6.10 Å². The maximum Gasteiger partial charge on any atom is 0.225 e. The molecular weight excluding hydrogens is 340 g/mol. The van der Waals surface area contributed by atoms with Crippen LogP contribution in [-0.2, 0) is 22.5 Å². The van der Waals surface area contributed by atoms with E-state index >= 15 is 0 Å². The van der Waals surface area contributed by atoms with Crippen LogP contribution in [0.15, 0.2) is 6.20 Å². The molecule has 1 saturated heterocycles. The standard InChI is InChI=1S/C21H32N4O2/c1-24-11-9-19-17(13-24)12-22-20(23-19)16-4-3-10-25(14-16)21(26)15-5-7-18(27-2)8-6-15/h12,15-16,18H,3-11,13-14H2,1-2H3/t15?,16-,18?/m0/s1. The summed E-state index contributed by atoms with van der Waals surface area (Å²) < 4.78 is 5.45. The van der Waals surface area contributed by atoms with Crippen LogP contribution in [-0.4, -0.2) is 65.6 Å². The molecule has 27 heavy (non-hydrogen) atoms. The van der Waals surface area contributed by atoms with Gasteiger partial charge in [-0.1, -0.05) is 0 Å². The van der Waals surface area contributed by atoms with E-state index in [0.717, 1.165) is 76.9 Å². The zero-order valence-corrected chi connectivity index (χ0v) is 16.7. The lowest BCUT2D eigenvalue weighted by atomic mass is 9.85. The first-order chi connectivity index (χ1) is 13.1. The number of rotatable bonds is 3. The maximum atomic E-state index is 13.0. The Morgan fingerprint density at radius 1 is 1.19 bits per heavy atom. The summed E-state index contributed by atoms with van der Waals surface area (Å²) >= 11 is 0. The van der Waals surface area contributed by atoms with Crippen molar-refractivity contribution in [2.24, 2.45) is 5.92 Å². The molecule has 0 radical (unpaired) electrons. The lowest BCUT2D eigenvalue weighted by molar-refractivity contribution is -0.138. The monoisotopic (exact) mass is 372 g/mol. The van der Waals surface area contributed by atoms with Gasteiger partial charge in [0.2, 0.25) is 5.91 Å². The summed E-state index contributed by atoms with van der Waals surface area (Å²) in [6, 6.07) is 0. The molecular formula is C21H32N4O2. The summed E-state index contributed by atoms with van der Waals surface area (Å²) in [4.78, 5) is 27.0. The lowest BCUT2D eigenvalue weighted by Crippen LogP contribution is -2.44. The van der Waals surface area contributed by atoms with Crippen LogP contribution < -0.4 is 0 Å². The Kier molecular flexibility index (Phi) is 5.74. The van der Waals surface area contributed by atoms with Gasteiger partial charge in [-0.2, -0.15) is 0 Å². The summed E-state index contributed by atoms with van der Waals surface area (Å²) in [6.07, 6.45) is 9.42. The molecule has 4 rings (SSSR count). The SMILES string of the molecule is COC1CCC(C(=O)N2CCC[C@H](c3ncc4c(n3)CCN(C)C4)C2)CC1. The second kappa shape index (κ2) is 8.23. The highest BCUT2D eigenvalue weighted by atomic mass is 16.5. The Balaban J connectivity index is 1.40. The van der Waals surface area contributed by atoms with Gasteiger partial charge in [0.1, 0.15) is 5.82 Å². The van der Waals surface area contributed by atoms with E-state index in [1.54, 1.807) is 7.11 Å². The number of amides is 1. The highest BCUT2D eigenvalue weighted by Crippen LogP contribution is 2.31. The third-order valence-electron chi connectivity index (χ3n) is 6.60. The van der Waals surface area contributed by atoms with Gasteiger partial charge in [-0.25, -0.2) is 9.97 Å². The summed E-state index contributed by atoms with van der Waals surface area (Å²) in [5, 5.41) is 0. The van der Waals surface area contributed by atoms with Crippen LogP contribution in [0.25, 0.3) is 0 Å².